The number of ether oxygens (including phenoxy) is 1. The second-order valence-corrected chi connectivity index (χ2v) is 9.40. The normalized spacial score (nSPS) is 22.5. The lowest BCUT2D eigenvalue weighted by Gasteiger charge is -2.22. The molecule has 32 heavy (non-hydrogen) atoms. The zero-order chi connectivity index (χ0) is 23.5. The van der Waals surface area contributed by atoms with Gasteiger partial charge in [0.15, 0.2) is 5.83 Å². The third kappa shape index (κ3) is 4.03. The van der Waals surface area contributed by atoms with Crippen molar-refractivity contribution in [1.82, 2.24) is 0 Å². The summed E-state index contributed by atoms with van der Waals surface area (Å²) in [5.74, 6) is -2.60. The van der Waals surface area contributed by atoms with Gasteiger partial charge in [-0.3, -0.25) is 9.59 Å². The Morgan fingerprint density at radius 3 is 2.47 bits per heavy atom. The predicted molar refractivity (Wildman–Crippen MR) is 121 cm³/mol. The summed E-state index contributed by atoms with van der Waals surface area (Å²) in [6.45, 7) is 5.10. The first-order valence-electron chi connectivity index (χ1n) is 10.2. The van der Waals surface area contributed by atoms with Crippen molar-refractivity contribution in [3.8, 4) is 17.6 Å². The van der Waals surface area contributed by atoms with E-state index in [1.165, 1.54) is 0 Å². The Hall–Kier alpha value is -3.11. The molecular formula is C25H24FNO4S. The summed E-state index contributed by atoms with van der Waals surface area (Å²) in [7, 11) is 0. The Balaban J connectivity index is 1.99. The first-order valence-corrected chi connectivity index (χ1v) is 11.2. The van der Waals surface area contributed by atoms with Crippen LogP contribution in [0.3, 0.4) is 0 Å². The van der Waals surface area contributed by atoms with E-state index in [-0.39, 0.29) is 0 Å². The molecule has 0 aromatic heterocycles. The molecule has 1 saturated carbocycles. The third-order valence-corrected chi connectivity index (χ3v) is 6.89. The molecule has 1 fully saturated rings. The van der Waals surface area contributed by atoms with E-state index in [0.717, 1.165) is 17.8 Å². The maximum absolute atomic E-state index is 14.5. The molecule has 0 bridgehead atoms. The number of allylic oxidation sites excluding steroid dienone is 1. The molecule has 0 aliphatic heterocycles. The number of carboxylic acid groups (broad SMARTS) is 1. The SMILES string of the molecule is CCSC(=O)C(F)=C[C@H]1C(C)(C)[C@]1(C(=O)O)[C@@H](C#N)c1cccc(Oc2ccccc2)c1. The monoisotopic (exact) mass is 453 g/mol. The summed E-state index contributed by atoms with van der Waals surface area (Å²) in [5, 5.41) is 19.5. The number of nitrogens with zero attached hydrogens (tertiary/aromatic N) is 1. The van der Waals surface area contributed by atoms with Crippen molar-refractivity contribution in [2.24, 2.45) is 16.7 Å². The van der Waals surface area contributed by atoms with Gasteiger partial charge in [0.2, 0.25) is 5.12 Å². The lowest BCUT2D eigenvalue weighted by molar-refractivity contribution is -0.145. The van der Waals surface area contributed by atoms with Crippen molar-refractivity contribution in [3.63, 3.8) is 0 Å². The number of thioether (sulfide) groups is 1. The van der Waals surface area contributed by atoms with Gasteiger partial charge >= 0.3 is 5.97 Å². The number of carbonyl (C=O) groups is 2. The number of benzene rings is 2. The number of rotatable bonds is 8. The predicted octanol–water partition coefficient (Wildman–Crippen LogP) is 5.95. The molecule has 0 unspecified atom stereocenters. The summed E-state index contributed by atoms with van der Waals surface area (Å²) in [4.78, 5) is 24.4. The molecule has 1 aliphatic rings. The number of carbonyl (C=O) groups excluding carboxylic acids is 1. The van der Waals surface area contributed by atoms with Crippen molar-refractivity contribution in [3.05, 3.63) is 72.1 Å². The molecule has 3 atom stereocenters. The Bertz CT molecular complexity index is 1090. The average molecular weight is 454 g/mol. The molecule has 2 aromatic rings. The average Bonchev–Trinajstić information content (AvgIpc) is 3.25. The second kappa shape index (κ2) is 9.17. The highest BCUT2D eigenvalue weighted by atomic mass is 32.2. The van der Waals surface area contributed by atoms with E-state index in [9.17, 15) is 24.3 Å². The van der Waals surface area contributed by atoms with Crippen LogP contribution >= 0.6 is 11.8 Å². The fourth-order valence-corrected chi connectivity index (χ4v) is 4.97. The van der Waals surface area contributed by atoms with E-state index in [4.69, 9.17) is 4.74 Å². The van der Waals surface area contributed by atoms with E-state index in [1.807, 2.05) is 18.2 Å². The van der Waals surface area contributed by atoms with Crippen molar-refractivity contribution in [2.75, 3.05) is 5.75 Å². The van der Waals surface area contributed by atoms with Crippen LogP contribution in [0.2, 0.25) is 0 Å². The van der Waals surface area contributed by atoms with Crippen LogP contribution in [0.15, 0.2) is 66.5 Å². The lowest BCUT2D eigenvalue weighted by atomic mass is 9.78. The van der Waals surface area contributed by atoms with Crippen LogP contribution in [0.25, 0.3) is 0 Å². The van der Waals surface area contributed by atoms with Gasteiger partial charge in [0.1, 0.15) is 16.9 Å². The molecule has 2 aromatic carbocycles. The number of halogens is 1. The highest BCUT2D eigenvalue weighted by Gasteiger charge is 2.78. The third-order valence-electron chi connectivity index (χ3n) is 6.14. The van der Waals surface area contributed by atoms with Gasteiger partial charge in [-0.1, -0.05) is 62.9 Å². The molecule has 3 rings (SSSR count). The smallest absolute Gasteiger partial charge is 0.312 e. The van der Waals surface area contributed by atoms with Gasteiger partial charge in [0.25, 0.3) is 0 Å². The van der Waals surface area contributed by atoms with E-state index in [2.05, 4.69) is 6.07 Å². The van der Waals surface area contributed by atoms with E-state index < -0.39 is 39.6 Å². The zero-order valence-electron chi connectivity index (χ0n) is 18.0. The minimum atomic E-state index is -1.58. The Morgan fingerprint density at radius 1 is 1.22 bits per heavy atom. The maximum atomic E-state index is 14.5. The molecule has 5 nitrogen and oxygen atoms in total. The van der Waals surface area contributed by atoms with Gasteiger partial charge in [-0.15, -0.1) is 0 Å². The van der Waals surface area contributed by atoms with Crippen LogP contribution in [0.1, 0.15) is 32.3 Å². The Kier molecular flexibility index (Phi) is 6.75. The number of nitriles is 1. The zero-order valence-corrected chi connectivity index (χ0v) is 18.9. The van der Waals surface area contributed by atoms with E-state index >= 15 is 0 Å². The van der Waals surface area contributed by atoms with Crippen LogP contribution in [0.5, 0.6) is 11.5 Å². The molecule has 1 N–H and O–H groups in total. The van der Waals surface area contributed by atoms with Crippen molar-refractivity contribution in [2.45, 2.75) is 26.7 Å². The molecule has 7 heteroatoms. The first kappa shape index (κ1) is 23.6. The molecule has 166 valence electrons. The minimum Gasteiger partial charge on any atom is -0.481 e. The summed E-state index contributed by atoms with van der Waals surface area (Å²) in [5.41, 5.74) is -2.06. The van der Waals surface area contributed by atoms with Gasteiger partial charge in [-0.05, 0) is 47.1 Å². The van der Waals surface area contributed by atoms with Crippen LogP contribution in [-0.4, -0.2) is 21.9 Å². The quantitative estimate of drug-likeness (QED) is 0.497. The molecule has 0 radical (unpaired) electrons. The Morgan fingerprint density at radius 2 is 1.88 bits per heavy atom. The van der Waals surface area contributed by atoms with Gasteiger partial charge in [-0.2, -0.15) is 5.26 Å². The molecular weight excluding hydrogens is 429 g/mol. The standard InChI is InChI=1S/C25H24FNO4S/c1-4-32-22(28)20(26)14-21-24(2,3)25(21,23(29)30)19(15-27)16-9-8-12-18(13-16)31-17-10-6-5-7-11-17/h5-14,19,21H,4H2,1-3H3,(H,29,30)/t19-,21-,25+/m0/s1. The van der Waals surface area contributed by atoms with Crippen molar-refractivity contribution >= 4 is 22.8 Å². The largest absolute Gasteiger partial charge is 0.481 e. The van der Waals surface area contributed by atoms with Crippen LogP contribution in [-0.2, 0) is 9.59 Å². The fourth-order valence-electron chi connectivity index (χ4n) is 4.50. The van der Waals surface area contributed by atoms with E-state index in [0.29, 0.717) is 22.8 Å². The number of para-hydroxylation sites is 1. The summed E-state index contributed by atoms with van der Waals surface area (Å²) >= 11 is 0.820. The highest BCUT2D eigenvalue weighted by molar-refractivity contribution is 8.14. The van der Waals surface area contributed by atoms with Crippen LogP contribution in [0.4, 0.5) is 4.39 Å². The molecule has 0 saturated heterocycles. The van der Waals surface area contributed by atoms with Gasteiger partial charge in [0.05, 0.1) is 12.0 Å². The van der Waals surface area contributed by atoms with Crippen LogP contribution < -0.4 is 4.74 Å². The van der Waals surface area contributed by atoms with E-state index in [1.54, 1.807) is 57.2 Å². The number of aliphatic carboxylic acids is 1. The molecule has 0 amide bonds. The summed E-state index contributed by atoms with van der Waals surface area (Å²) in [6, 6.07) is 17.9. The second-order valence-electron chi connectivity index (χ2n) is 8.16. The lowest BCUT2D eigenvalue weighted by Crippen LogP contribution is -2.28. The number of carboxylic acids is 1. The Labute approximate surface area is 190 Å². The number of hydrogen-bond acceptors (Lipinski definition) is 5. The minimum absolute atomic E-state index is 0.410. The topological polar surface area (TPSA) is 87.4 Å². The highest BCUT2D eigenvalue weighted by Crippen LogP contribution is 2.75. The molecule has 1 aliphatic carbocycles. The van der Waals surface area contributed by atoms with Gasteiger partial charge in [0, 0.05) is 5.92 Å². The molecule has 0 spiro atoms. The van der Waals surface area contributed by atoms with Gasteiger partial charge in [-0.25, -0.2) is 4.39 Å². The van der Waals surface area contributed by atoms with Crippen molar-refractivity contribution in [1.29, 1.82) is 5.26 Å². The summed E-state index contributed by atoms with van der Waals surface area (Å²) < 4.78 is 20.3. The van der Waals surface area contributed by atoms with Crippen LogP contribution in [0, 0.1) is 28.1 Å². The molecule has 0 heterocycles. The summed E-state index contributed by atoms with van der Waals surface area (Å²) in [6.07, 6.45) is 1.08. The van der Waals surface area contributed by atoms with Crippen molar-refractivity contribution < 1.29 is 23.8 Å². The number of hydrogen-bond donors (Lipinski definition) is 1. The maximum Gasteiger partial charge on any atom is 0.312 e. The fraction of sp³-hybridized carbons (Fsp3) is 0.320. The van der Waals surface area contributed by atoms with Gasteiger partial charge < -0.3 is 9.84 Å². The first-order chi connectivity index (χ1) is 15.2.